The molecule has 2 rings (SSSR count). The van der Waals surface area contributed by atoms with Gasteiger partial charge in [0.2, 0.25) is 10.0 Å². The van der Waals surface area contributed by atoms with E-state index < -0.39 is 15.9 Å². The Morgan fingerprint density at radius 2 is 1.86 bits per heavy atom. The third kappa shape index (κ3) is 3.63. The average molecular weight is 320 g/mol. The number of rotatable bonds is 4. The minimum atomic E-state index is -3.87. The Balaban J connectivity index is 2.36. The maximum Gasteiger partial charge on any atom is 0.255 e. The third-order valence-corrected chi connectivity index (χ3v) is 3.89. The average Bonchev–Trinajstić information content (AvgIpc) is 2.46. The van der Waals surface area contributed by atoms with Crippen molar-refractivity contribution in [3.8, 4) is 5.75 Å². The predicted octanol–water partition coefficient (Wildman–Crippen LogP) is 1.90. The van der Waals surface area contributed by atoms with E-state index >= 15 is 0 Å². The molecule has 1 amide bonds. The summed E-state index contributed by atoms with van der Waals surface area (Å²) in [6.45, 7) is 1.69. The van der Waals surface area contributed by atoms with E-state index in [1.54, 1.807) is 37.3 Å². The lowest BCUT2D eigenvalue weighted by Crippen LogP contribution is -2.16. The summed E-state index contributed by atoms with van der Waals surface area (Å²) in [5.41, 5.74) is 1.32. The Morgan fingerprint density at radius 1 is 1.18 bits per heavy atom. The van der Waals surface area contributed by atoms with Crippen LogP contribution < -0.4 is 15.2 Å². The van der Waals surface area contributed by atoms with E-state index in [-0.39, 0.29) is 10.5 Å². The van der Waals surface area contributed by atoms with Crippen molar-refractivity contribution >= 4 is 21.6 Å². The third-order valence-electron chi connectivity index (χ3n) is 3.00. The van der Waals surface area contributed by atoms with Gasteiger partial charge in [0.1, 0.15) is 5.75 Å². The Bertz CT molecular complexity index is 816. The number of sulfonamides is 1. The molecule has 0 fully saturated rings. The molecular formula is C15H16N2O4S. The molecule has 3 N–H and O–H groups in total. The molecule has 2 aromatic rings. The first kappa shape index (κ1) is 16.0. The van der Waals surface area contributed by atoms with Gasteiger partial charge in [-0.05, 0) is 42.8 Å². The molecule has 0 atom stereocenters. The number of ether oxygens (including phenoxy) is 1. The molecule has 0 aromatic heterocycles. The topological polar surface area (TPSA) is 98.5 Å². The highest BCUT2D eigenvalue weighted by Crippen LogP contribution is 2.24. The lowest BCUT2D eigenvalue weighted by molar-refractivity contribution is 0.102. The van der Waals surface area contributed by atoms with E-state index in [0.29, 0.717) is 17.0 Å². The number of hydrogen-bond donors (Lipinski definition) is 2. The van der Waals surface area contributed by atoms with Crippen LogP contribution in [0, 0.1) is 6.92 Å². The number of methoxy groups -OCH3 is 1. The van der Waals surface area contributed by atoms with Crippen LogP contribution in [-0.4, -0.2) is 21.4 Å². The van der Waals surface area contributed by atoms with Crippen LogP contribution >= 0.6 is 0 Å². The number of carbonyl (C=O) groups excluding carboxylic acids is 1. The summed E-state index contributed by atoms with van der Waals surface area (Å²) in [6, 6.07) is 11.2. The summed E-state index contributed by atoms with van der Waals surface area (Å²) in [4.78, 5) is 12.2. The molecule has 2 aromatic carbocycles. The smallest absolute Gasteiger partial charge is 0.255 e. The summed E-state index contributed by atoms with van der Waals surface area (Å²) in [6.07, 6.45) is 0. The van der Waals surface area contributed by atoms with Crippen molar-refractivity contribution in [2.45, 2.75) is 11.8 Å². The van der Waals surface area contributed by atoms with Gasteiger partial charge in [-0.2, -0.15) is 0 Å². The molecule has 116 valence electrons. The van der Waals surface area contributed by atoms with Crippen LogP contribution in [0.1, 0.15) is 15.9 Å². The van der Waals surface area contributed by atoms with Crippen LogP contribution in [0.5, 0.6) is 5.75 Å². The van der Waals surface area contributed by atoms with Gasteiger partial charge in [0.15, 0.2) is 0 Å². The minimum absolute atomic E-state index is 0.0994. The van der Waals surface area contributed by atoms with E-state index in [1.165, 1.54) is 19.2 Å². The second kappa shape index (κ2) is 6.17. The second-order valence-corrected chi connectivity index (χ2v) is 6.30. The number of anilines is 1. The zero-order chi connectivity index (χ0) is 16.3. The van der Waals surface area contributed by atoms with Crippen LogP contribution in [0.3, 0.4) is 0 Å². The monoisotopic (exact) mass is 320 g/mol. The molecule has 0 saturated heterocycles. The minimum Gasteiger partial charge on any atom is -0.495 e. The summed E-state index contributed by atoms with van der Waals surface area (Å²) < 4.78 is 28.0. The van der Waals surface area contributed by atoms with Crippen LogP contribution in [0.15, 0.2) is 47.4 Å². The number of hydrogen-bond acceptors (Lipinski definition) is 4. The first-order valence-electron chi connectivity index (χ1n) is 6.40. The maximum absolute atomic E-state index is 12.3. The fraction of sp³-hybridized carbons (Fsp3) is 0.133. The predicted molar refractivity (Wildman–Crippen MR) is 83.5 cm³/mol. The van der Waals surface area contributed by atoms with Gasteiger partial charge in [0, 0.05) is 5.56 Å². The first-order chi connectivity index (χ1) is 10.3. The lowest BCUT2D eigenvalue weighted by atomic mass is 10.1. The van der Waals surface area contributed by atoms with Crippen LogP contribution in [-0.2, 0) is 10.0 Å². The van der Waals surface area contributed by atoms with E-state index in [0.717, 1.165) is 0 Å². The molecule has 22 heavy (non-hydrogen) atoms. The molecule has 0 saturated carbocycles. The number of amides is 1. The molecule has 0 heterocycles. The highest BCUT2D eigenvalue weighted by molar-refractivity contribution is 7.89. The zero-order valence-electron chi connectivity index (χ0n) is 12.2. The van der Waals surface area contributed by atoms with Crippen molar-refractivity contribution in [1.82, 2.24) is 0 Å². The van der Waals surface area contributed by atoms with Gasteiger partial charge in [-0.15, -0.1) is 0 Å². The molecule has 7 heteroatoms. The van der Waals surface area contributed by atoms with E-state index in [1.807, 2.05) is 0 Å². The van der Waals surface area contributed by atoms with E-state index in [2.05, 4.69) is 5.32 Å². The largest absolute Gasteiger partial charge is 0.495 e. The molecule has 0 spiro atoms. The quantitative estimate of drug-likeness (QED) is 0.899. The SMILES string of the molecule is COc1ccccc1NC(=O)c1cc(C)cc(S(N)(=O)=O)c1. The molecule has 0 radical (unpaired) electrons. The Hall–Kier alpha value is -2.38. The Labute approximate surface area is 129 Å². The molecule has 0 aliphatic rings. The van der Waals surface area contributed by atoms with Crippen molar-refractivity contribution in [1.29, 1.82) is 0 Å². The van der Waals surface area contributed by atoms with Gasteiger partial charge < -0.3 is 10.1 Å². The number of para-hydroxylation sites is 2. The normalized spacial score (nSPS) is 11.0. The first-order valence-corrected chi connectivity index (χ1v) is 7.95. The second-order valence-electron chi connectivity index (χ2n) is 4.73. The van der Waals surface area contributed by atoms with Crippen molar-refractivity contribution in [2.24, 2.45) is 5.14 Å². The number of carbonyl (C=O) groups is 1. The van der Waals surface area contributed by atoms with Crippen LogP contribution in [0.4, 0.5) is 5.69 Å². The fourth-order valence-corrected chi connectivity index (χ4v) is 2.63. The van der Waals surface area contributed by atoms with Gasteiger partial charge in [-0.25, -0.2) is 13.6 Å². The summed E-state index contributed by atoms with van der Waals surface area (Å²) in [5, 5.41) is 7.80. The number of primary sulfonamides is 1. The van der Waals surface area contributed by atoms with E-state index in [9.17, 15) is 13.2 Å². The van der Waals surface area contributed by atoms with Crippen molar-refractivity contribution < 1.29 is 17.9 Å². The summed E-state index contributed by atoms with van der Waals surface area (Å²) in [5.74, 6) is 0.0632. The van der Waals surface area contributed by atoms with Gasteiger partial charge in [-0.3, -0.25) is 4.79 Å². The van der Waals surface area contributed by atoms with E-state index in [4.69, 9.17) is 9.88 Å². The van der Waals surface area contributed by atoms with Crippen LogP contribution in [0.2, 0.25) is 0 Å². The molecule has 0 aliphatic carbocycles. The van der Waals surface area contributed by atoms with Gasteiger partial charge >= 0.3 is 0 Å². The van der Waals surface area contributed by atoms with Crippen molar-refractivity contribution in [3.05, 3.63) is 53.6 Å². The van der Waals surface area contributed by atoms with Gasteiger partial charge in [0.05, 0.1) is 17.7 Å². The van der Waals surface area contributed by atoms with Gasteiger partial charge in [0.25, 0.3) is 5.91 Å². The fourth-order valence-electron chi connectivity index (χ4n) is 1.99. The molecule has 6 nitrogen and oxygen atoms in total. The highest BCUT2D eigenvalue weighted by atomic mass is 32.2. The number of nitrogens with one attached hydrogen (secondary N) is 1. The Kier molecular flexibility index (Phi) is 4.48. The van der Waals surface area contributed by atoms with Crippen molar-refractivity contribution in [2.75, 3.05) is 12.4 Å². The number of nitrogens with two attached hydrogens (primary N) is 1. The summed E-state index contributed by atoms with van der Waals surface area (Å²) >= 11 is 0. The molecule has 0 bridgehead atoms. The van der Waals surface area contributed by atoms with Gasteiger partial charge in [-0.1, -0.05) is 12.1 Å². The van der Waals surface area contributed by atoms with Crippen molar-refractivity contribution in [3.63, 3.8) is 0 Å². The number of aryl methyl sites for hydroxylation is 1. The molecule has 0 unspecified atom stereocenters. The standard InChI is InChI=1S/C15H16N2O4S/c1-10-7-11(9-12(8-10)22(16,19)20)15(18)17-13-5-3-4-6-14(13)21-2/h3-9H,1-2H3,(H,17,18)(H2,16,19,20). The van der Waals surface area contributed by atoms with Crippen LogP contribution in [0.25, 0.3) is 0 Å². The zero-order valence-corrected chi connectivity index (χ0v) is 13.0. The highest BCUT2D eigenvalue weighted by Gasteiger charge is 2.15. The molecular weight excluding hydrogens is 304 g/mol. The molecule has 0 aliphatic heterocycles. The number of benzene rings is 2. The summed E-state index contributed by atoms with van der Waals surface area (Å²) in [7, 11) is -2.37. The maximum atomic E-state index is 12.3. The Morgan fingerprint density at radius 3 is 2.50 bits per heavy atom. The lowest BCUT2D eigenvalue weighted by Gasteiger charge is -2.11.